The minimum Gasteiger partial charge on any atom is -0.318 e. The van der Waals surface area contributed by atoms with E-state index in [-0.39, 0.29) is 12.5 Å². The van der Waals surface area contributed by atoms with Crippen molar-refractivity contribution in [1.82, 2.24) is 10.2 Å². The molecule has 0 radical (unpaired) electrons. The van der Waals surface area contributed by atoms with E-state index in [2.05, 4.69) is 5.32 Å². The zero-order chi connectivity index (χ0) is 12.1. The Kier molecular flexibility index (Phi) is 3.99. The standard InChI is InChI=1S/C11H14N2O3/c1-3-4-5-6-10(15)13-7-9(14)12-11(16)8(13)2/h3-6,8H,7H2,1-2H3,(H,12,14,16). The number of allylic oxidation sites excluding steroid dienone is 3. The van der Waals surface area contributed by atoms with E-state index in [1.165, 1.54) is 11.0 Å². The lowest BCUT2D eigenvalue weighted by atomic mass is 10.2. The summed E-state index contributed by atoms with van der Waals surface area (Å²) in [4.78, 5) is 35.3. The monoisotopic (exact) mass is 222 g/mol. The predicted octanol–water partition coefficient (Wildman–Crippen LogP) is -0.00780. The lowest BCUT2D eigenvalue weighted by molar-refractivity contribution is -0.147. The number of carbonyl (C=O) groups excluding carboxylic acids is 3. The number of carbonyl (C=O) groups is 3. The van der Waals surface area contributed by atoms with Gasteiger partial charge in [0.25, 0.3) is 0 Å². The van der Waals surface area contributed by atoms with Crippen molar-refractivity contribution < 1.29 is 14.4 Å². The van der Waals surface area contributed by atoms with Crippen LogP contribution in [-0.4, -0.2) is 35.2 Å². The molecule has 1 rings (SSSR count). The predicted molar refractivity (Wildman–Crippen MR) is 58.3 cm³/mol. The summed E-state index contributed by atoms with van der Waals surface area (Å²) in [6.07, 6.45) is 6.39. The Labute approximate surface area is 93.8 Å². The van der Waals surface area contributed by atoms with Gasteiger partial charge in [0.1, 0.15) is 12.6 Å². The first kappa shape index (κ1) is 12.2. The number of nitrogens with zero attached hydrogens (tertiary/aromatic N) is 1. The highest BCUT2D eigenvalue weighted by Gasteiger charge is 2.32. The van der Waals surface area contributed by atoms with Crippen molar-refractivity contribution >= 4 is 17.7 Å². The highest BCUT2D eigenvalue weighted by molar-refractivity contribution is 6.05. The van der Waals surface area contributed by atoms with Crippen LogP contribution in [0.2, 0.25) is 0 Å². The normalized spacial score (nSPS) is 21.9. The molecule has 86 valence electrons. The molecule has 0 saturated carbocycles. The summed E-state index contributed by atoms with van der Waals surface area (Å²) in [5.41, 5.74) is 0. The fourth-order valence-electron chi connectivity index (χ4n) is 1.33. The zero-order valence-electron chi connectivity index (χ0n) is 9.27. The first-order valence-corrected chi connectivity index (χ1v) is 5.00. The Morgan fingerprint density at radius 2 is 2.12 bits per heavy atom. The van der Waals surface area contributed by atoms with Crippen molar-refractivity contribution in [3.05, 3.63) is 24.3 Å². The molecule has 0 aliphatic carbocycles. The summed E-state index contributed by atoms with van der Waals surface area (Å²) in [5.74, 6) is -1.23. The largest absolute Gasteiger partial charge is 0.318 e. The van der Waals surface area contributed by atoms with Gasteiger partial charge in [-0.1, -0.05) is 18.2 Å². The van der Waals surface area contributed by atoms with E-state index in [1.807, 2.05) is 6.92 Å². The molecule has 1 heterocycles. The zero-order valence-corrected chi connectivity index (χ0v) is 9.27. The molecule has 3 amide bonds. The number of imide groups is 1. The minimum absolute atomic E-state index is 0.0775. The van der Waals surface area contributed by atoms with Gasteiger partial charge >= 0.3 is 0 Å². The van der Waals surface area contributed by atoms with Gasteiger partial charge in [-0.2, -0.15) is 0 Å². The summed E-state index contributed by atoms with van der Waals surface area (Å²) in [6.45, 7) is 3.34. The SMILES string of the molecule is CC=CC=CC(=O)N1CC(=O)NC(=O)C1C. The number of nitrogens with one attached hydrogen (secondary N) is 1. The first-order valence-electron chi connectivity index (χ1n) is 5.00. The third-order valence-corrected chi connectivity index (χ3v) is 2.25. The van der Waals surface area contributed by atoms with Crippen LogP contribution in [0.3, 0.4) is 0 Å². The lowest BCUT2D eigenvalue weighted by Crippen LogP contribution is -2.58. The van der Waals surface area contributed by atoms with Crippen LogP contribution in [0.1, 0.15) is 13.8 Å². The molecule has 0 spiro atoms. The van der Waals surface area contributed by atoms with Crippen molar-refractivity contribution in [2.24, 2.45) is 0 Å². The quantitative estimate of drug-likeness (QED) is 0.406. The molecule has 0 bridgehead atoms. The molecule has 0 aromatic rings. The van der Waals surface area contributed by atoms with Crippen LogP contribution in [0.15, 0.2) is 24.3 Å². The van der Waals surface area contributed by atoms with Gasteiger partial charge in [0.15, 0.2) is 0 Å². The smallest absolute Gasteiger partial charge is 0.249 e. The highest BCUT2D eigenvalue weighted by atomic mass is 16.2. The first-order chi connectivity index (χ1) is 7.56. The molecule has 1 fully saturated rings. The van der Waals surface area contributed by atoms with Gasteiger partial charge in [-0.05, 0) is 13.8 Å². The average Bonchev–Trinajstić information content (AvgIpc) is 2.23. The molecule has 0 aromatic carbocycles. The van der Waals surface area contributed by atoms with Crippen molar-refractivity contribution in [2.75, 3.05) is 6.54 Å². The number of hydrogen-bond donors (Lipinski definition) is 1. The van der Waals surface area contributed by atoms with E-state index in [0.717, 1.165) is 0 Å². The molecule has 16 heavy (non-hydrogen) atoms. The molecular weight excluding hydrogens is 208 g/mol. The van der Waals surface area contributed by atoms with Crippen molar-refractivity contribution in [3.8, 4) is 0 Å². The second-order valence-electron chi connectivity index (χ2n) is 3.44. The van der Waals surface area contributed by atoms with E-state index in [1.54, 1.807) is 25.2 Å². The van der Waals surface area contributed by atoms with Gasteiger partial charge in [0, 0.05) is 6.08 Å². The van der Waals surface area contributed by atoms with Gasteiger partial charge in [-0.25, -0.2) is 0 Å². The fourth-order valence-corrected chi connectivity index (χ4v) is 1.33. The summed E-state index contributed by atoms with van der Waals surface area (Å²) < 4.78 is 0. The molecule has 1 aliphatic rings. The maximum Gasteiger partial charge on any atom is 0.249 e. The minimum atomic E-state index is -0.611. The Balaban J connectivity index is 2.74. The summed E-state index contributed by atoms with van der Waals surface area (Å²) in [7, 11) is 0. The van der Waals surface area contributed by atoms with Gasteiger partial charge in [0.2, 0.25) is 17.7 Å². The third-order valence-electron chi connectivity index (χ3n) is 2.25. The van der Waals surface area contributed by atoms with Crippen molar-refractivity contribution in [2.45, 2.75) is 19.9 Å². The van der Waals surface area contributed by atoms with Crippen LogP contribution >= 0.6 is 0 Å². The van der Waals surface area contributed by atoms with Crippen LogP contribution < -0.4 is 5.32 Å². The molecule has 0 aromatic heterocycles. The lowest BCUT2D eigenvalue weighted by Gasteiger charge is -2.30. The maximum atomic E-state index is 11.6. The summed E-state index contributed by atoms with van der Waals surface area (Å²) in [6, 6.07) is -0.611. The Morgan fingerprint density at radius 3 is 2.75 bits per heavy atom. The second kappa shape index (κ2) is 5.25. The number of rotatable bonds is 2. The summed E-state index contributed by atoms with van der Waals surface area (Å²) >= 11 is 0. The van der Waals surface area contributed by atoms with Crippen LogP contribution in [0.25, 0.3) is 0 Å². The summed E-state index contributed by atoms with van der Waals surface area (Å²) in [5, 5.41) is 2.17. The van der Waals surface area contributed by atoms with Crippen LogP contribution in [-0.2, 0) is 14.4 Å². The Morgan fingerprint density at radius 1 is 1.44 bits per heavy atom. The van der Waals surface area contributed by atoms with Crippen LogP contribution in [0.4, 0.5) is 0 Å². The average molecular weight is 222 g/mol. The van der Waals surface area contributed by atoms with Gasteiger partial charge in [0.05, 0.1) is 0 Å². The number of hydrogen-bond acceptors (Lipinski definition) is 3. The highest BCUT2D eigenvalue weighted by Crippen LogP contribution is 2.05. The van der Waals surface area contributed by atoms with Gasteiger partial charge in [-0.3, -0.25) is 19.7 Å². The van der Waals surface area contributed by atoms with E-state index in [0.29, 0.717) is 0 Å². The molecule has 1 aliphatic heterocycles. The van der Waals surface area contributed by atoms with E-state index < -0.39 is 17.9 Å². The number of piperazine rings is 1. The fraction of sp³-hybridized carbons (Fsp3) is 0.364. The molecule has 5 nitrogen and oxygen atoms in total. The molecule has 1 atom stereocenters. The second-order valence-corrected chi connectivity index (χ2v) is 3.44. The molecule has 1 unspecified atom stereocenters. The Bertz CT molecular complexity index is 371. The number of amides is 3. The molecule has 1 saturated heterocycles. The molecular formula is C11H14N2O3. The Hall–Kier alpha value is -1.91. The van der Waals surface area contributed by atoms with Crippen molar-refractivity contribution in [3.63, 3.8) is 0 Å². The van der Waals surface area contributed by atoms with Crippen LogP contribution in [0, 0.1) is 0 Å². The molecule has 5 heteroatoms. The van der Waals surface area contributed by atoms with E-state index >= 15 is 0 Å². The van der Waals surface area contributed by atoms with Crippen molar-refractivity contribution in [1.29, 1.82) is 0 Å². The van der Waals surface area contributed by atoms with Crippen LogP contribution in [0.5, 0.6) is 0 Å². The molecule has 1 N–H and O–H groups in total. The topological polar surface area (TPSA) is 66.5 Å². The van der Waals surface area contributed by atoms with Gasteiger partial charge < -0.3 is 4.90 Å². The van der Waals surface area contributed by atoms with Gasteiger partial charge in [-0.15, -0.1) is 0 Å². The van der Waals surface area contributed by atoms with E-state index in [4.69, 9.17) is 0 Å². The third kappa shape index (κ3) is 2.79. The maximum absolute atomic E-state index is 11.6. The van der Waals surface area contributed by atoms with E-state index in [9.17, 15) is 14.4 Å².